The molecule has 4 bridgehead atoms. The van der Waals surface area contributed by atoms with E-state index < -0.39 is 0 Å². The molecule has 0 radical (unpaired) electrons. The molecule has 21 heavy (non-hydrogen) atoms. The highest BCUT2D eigenvalue weighted by molar-refractivity contribution is 5.18. The van der Waals surface area contributed by atoms with E-state index in [4.69, 9.17) is 5.84 Å². The molecular weight excluding hydrogens is 260 g/mol. The fourth-order valence-corrected chi connectivity index (χ4v) is 6.56. The van der Waals surface area contributed by atoms with E-state index in [2.05, 4.69) is 35.1 Å². The molecule has 4 fully saturated rings. The molecule has 4 saturated carbocycles. The van der Waals surface area contributed by atoms with E-state index in [0.717, 1.165) is 18.4 Å². The minimum Gasteiger partial charge on any atom is -0.271 e. The Kier molecular flexibility index (Phi) is 2.99. The van der Waals surface area contributed by atoms with Crippen LogP contribution in [-0.4, -0.2) is 9.78 Å². The molecule has 0 aromatic carbocycles. The van der Waals surface area contributed by atoms with E-state index in [9.17, 15) is 0 Å². The number of hydrogen-bond acceptors (Lipinski definition) is 3. The first-order valence-electron chi connectivity index (χ1n) is 8.55. The van der Waals surface area contributed by atoms with Crippen LogP contribution < -0.4 is 11.3 Å². The summed E-state index contributed by atoms with van der Waals surface area (Å²) in [6.45, 7) is 5.59. The number of hydrogen-bond donors (Lipinski definition) is 2. The van der Waals surface area contributed by atoms with Gasteiger partial charge in [0.1, 0.15) is 0 Å². The van der Waals surface area contributed by atoms with Gasteiger partial charge in [0, 0.05) is 12.7 Å². The maximum absolute atomic E-state index is 6.06. The van der Waals surface area contributed by atoms with E-state index in [-0.39, 0.29) is 6.04 Å². The first-order chi connectivity index (χ1) is 10.1. The third-order valence-electron chi connectivity index (χ3n) is 6.52. The Morgan fingerprint density at radius 3 is 2.67 bits per heavy atom. The van der Waals surface area contributed by atoms with Crippen LogP contribution in [0.1, 0.15) is 64.1 Å². The third-order valence-corrected chi connectivity index (χ3v) is 6.52. The van der Waals surface area contributed by atoms with Gasteiger partial charge < -0.3 is 0 Å². The zero-order chi connectivity index (χ0) is 14.7. The predicted octanol–water partition coefficient (Wildman–Crippen LogP) is 3.01. The monoisotopic (exact) mass is 288 g/mol. The Hall–Kier alpha value is -0.870. The SMILES string of the molecule is CCn1nccc1C(NN)C12CC3CC(CC(C)(C3)C1)C2. The van der Waals surface area contributed by atoms with Gasteiger partial charge in [-0.1, -0.05) is 6.92 Å². The second kappa shape index (κ2) is 4.56. The fourth-order valence-electron chi connectivity index (χ4n) is 6.56. The normalized spacial score (nSPS) is 42.4. The average Bonchev–Trinajstić information content (AvgIpc) is 2.84. The van der Waals surface area contributed by atoms with Gasteiger partial charge in [0.25, 0.3) is 0 Å². The van der Waals surface area contributed by atoms with Crippen molar-refractivity contribution in [3.63, 3.8) is 0 Å². The molecule has 4 heteroatoms. The molecule has 116 valence electrons. The van der Waals surface area contributed by atoms with Crippen molar-refractivity contribution in [1.82, 2.24) is 15.2 Å². The number of nitrogens with two attached hydrogens (primary N) is 1. The molecule has 4 aliphatic carbocycles. The van der Waals surface area contributed by atoms with Gasteiger partial charge in [0.05, 0.1) is 11.7 Å². The lowest BCUT2D eigenvalue weighted by atomic mass is 9.43. The topological polar surface area (TPSA) is 55.9 Å². The van der Waals surface area contributed by atoms with Crippen LogP contribution in [0.25, 0.3) is 0 Å². The molecule has 0 aliphatic heterocycles. The van der Waals surface area contributed by atoms with Crippen LogP contribution in [-0.2, 0) is 6.54 Å². The van der Waals surface area contributed by atoms with Crippen molar-refractivity contribution in [3.8, 4) is 0 Å². The van der Waals surface area contributed by atoms with Gasteiger partial charge >= 0.3 is 0 Å². The largest absolute Gasteiger partial charge is 0.271 e. The summed E-state index contributed by atoms with van der Waals surface area (Å²) in [5.74, 6) is 7.90. The lowest BCUT2D eigenvalue weighted by molar-refractivity contribution is -0.120. The van der Waals surface area contributed by atoms with Crippen LogP contribution in [0.5, 0.6) is 0 Å². The van der Waals surface area contributed by atoms with Crippen molar-refractivity contribution in [2.75, 3.05) is 0 Å². The molecule has 5 rings (SSSR count). The lowest BCUT2D eigenvalue weighted by Gasteiger charge is -2.63. The summed E-state index contributed by atoms with van der Waals surface area (Å²) >= 11 is 0. The van der Waals surface area contributed by atoms with Crippen LogP contribution in [0.3, 0.4) is 0 Å². The molecule has 1 heterocycles. The minimum atomic E-state index is 0.255. The number of rotatable bonds is 4. The third kappa shape index (κ3) is 1.99. The van der Waals surface area contributed by atoms with Crippen molar-refractivity contribution in [1.29, 1.82) is 0 Å². The Bertz CT molecular complexity index is 521. The first-order valence-corrected chi connectivity index (χ1v) is 8.55. The number of hydrazine groups is 1. The molecule has 3 N–H and O–H groups in total. The van der Waals surface area contributed by atoms with Gasteiger partial charge in [0.2, 0.25) is 0 Å². The molecule has 1 aromatic heterocycles. The van der Waals surface area contributed by atoms with Gasteiger partial charge in [-0.05, 0) is 74.2 Å². The smallest absolute Gasteiger partial charge is 0.0685 e. The van der Waals surface area contributed by atoms with Crippen molar-refractivity contribution < 1.29 is 0 Å². The van der Waals surface area contributed by atoms with Crippen LogP contribution in [0, 0.1) is 22.7 Å². The van der Waals surface area contributed by atoms with Crippen LogP contribution in [0.15, 0.2) is 12.3 Å². The van der Waals surface area contributed by atoms with E-state index in [0.29, 0.717) is 10.8 Å². The summed E-state index contributed by atoms with van der Waals surface area (Å²) in [6, 6.07) is 2.42. The molecule has 4 aliphatic rings. The summed E-state index contributed by atoms with van der Waals surface area (Å²) < 4.78 is 2.12. The molecule has 3 atom stereocenters. The number of nitrogens with zero attached hydrogens (tertiary/aromatic N) is 2. The quantitative estimate of drug-likeness (QED) is 0.661. The van der Waals surface area contributed by atoms with Crippen molar-refractivity contribution in [2.45, 2.75) is 65.0 Å². The summed E-state index contributed by atoms with van der Waals surface area (Å²) in [5.41, 5.74) is 5.38. The summed E-state index contributed by atoms with van der Waals surface area (Å²) in [7, 11) is 0. The second-order valence-electron chi connectivity index (χ2n) is 8.31. The van der Waals surface area contributed by atoms with Gasteiger partial charge in [0.15, 0.2) is 0 Å². The Labute approximate surface area is 127 Å². The van der Waals surface area contributed by atoms with Gasteiger partial charge in [-0.25, -0.2) is 0 Å². The van der Waals surface area contributed by atoms with E-state index in [1.54, 1.807) is 0 Å². The fraction of sp³-hybridized carbons (Fsp3) is 0.824. The van der Waals surface area contributed by atoms with Crippen LogP contribution in [0.4, 0.5) is 0 Å². The highest BCUT2D eigenvalue weighted by Gasteiger charge is 2.58. The minimum absolute atomic E-state index is 0.255. The van der Waals surface area contributed by atoms with Crippen molar-refractivity contribution in [2.24, 2.45) is 28.5 Å². The molecule has 4 nitrogen and oxygen atoms in total. The zero-order valence-electron chi connectivity index (χ0n) is 13.3. The molecule has 3 unspecified atom stereocenters. The molecule has 0 saturated heterocycles. The van der Waals surface area contributed by atoms with E-state index >= 15 is 0 Å². The van der Waals surface area contributed by atoms with Crippen molar-refractivity contribution >= 4 is 0 Å². The molecule has 1 aromatic rings. The maximum Gasteiger partial charge on any atom is 0.0685 e. The molecule has 0 amide bonds. The van der Waals surface area contributed by atoms with Gasteiger partial charge in [-0.3, -0.25) is 16.0 Å². The van der Waals surface area contributed by atoms with Crippen molar-refractivity contribution in [3.05, 3.63) is 18.0 Å². The van der Waals surface area contributed by atoms with Gasteiger partial charge in [-0.15, -0.1) is 0 Å². The van der Waals surface area contributed by atoms with Crippen LogP contribution in [0.2, 0.25) is 0 Å². The number of nitrogens with one attached hydrogen (secondary N) is 1. The highest BCUT2D eigenvalue weighted by atomic mass is 15.3. The Morgan fingerprint density at radius 1 is 1.38 bits per heavy atom. The highest BCUT2D eigenvalue weighted by Crippen LogP contribution is 2.68. The van der Waals surface area contributed by atoms with Gasteiger partial charge in [-0.2, -0.15) is 5.10 Å². The number of aromatic nitrogens is 2. The van der Waals surface area contributed by atoms with E-state index in [1.807, 2.05) is 6.20 Å². The Balaban J connectivity index is 1.73. The molecule has 0 spiro atoms. The Morgan fingerprint density at radius 2 is 2.10 bits per heavy atom. The maximum atomic E-state index is 6.06. The lowest BCUT2D eigenvalue weighted by Crippen LogP contribution is -2.56. The molecular formula is C17H28N4. The first kappa shape index (κ1) is 13.8. The standard InChI is InChI=1S/C17H28N4/c1-3-21-14(4-5-19-21)15(20-18)17-9-12-6-13(10-17)8-16(2,7-12)11-17/h4-5,12-13,15,20H,3,6-11,18H2,1-2H3. The zero-order valence-corrected chi connectivity index (χ0v) is 13.3. The number of aryl methyl sites for hydroxylation is 1. The van der Waals surface area contributed by atoms with E-state index in [1.165, 1.54) is 44.2 Å². The van der Waals surface area contributed by atoms with Crippen LogP contribution >= 0.6 is 0 Å². The summed E-state index contributed by atoms with van der Waals surface area (Å²) in [6.07, 6.45) is 10.3. The second-order valence-corrected chi connectivity index (χ2v) is 8.31. The summed E-state index contributed by atoms with van der Waals surface area (Å²) in [5, 5.41) is 4.47. The summed E-state index contributed by atoms with van der Waals surface area (Å²) in [4.78, 5) is 0. The predicted molar refractivity (Wildman–Crippen MR) is 83.2 cm³/mol. The average molecular weight is 288 g/mol.